The van der Waals surface area contributed by atoms with Gasteiger partial charge in [0, 0.05) is 25.4 Å². The lowest BCUT2D eigenvalue weighted by molar-refractivity contribution is -0.120. The van der Waals surface area contributed by atoms with Gasteiger partial charge in [-0.1, -0.05) is 13.0 Å². The molecule has 2 aromatic rings. The van der Waals surface area contributed by atoms with E-state index < -0.39 is 15.1 Å². The minimum Gasteiger partial charge on any atom is -0.497 e. The van der Waals surface area contributed by atoms with Crippen molar-refractivity contribution in [1.82, 2.24) is 10.3 Å². The van der Waals surface area contributed by atoms with E-state index in [1.54, 1.807) is 37.4 Å². The fourth-order valence-corrected chi connectivity index (χ4v) is 3.88. The Morgan fingerprint density at radius 2 is 1.96 bits per heavy atom. The van der Waals surface area contributed by atoms with Gasteiger partial charge in [-0.05, 0) is 35.9 Å². The Morgan fingerprint density at radius 3 is 2.50 bits per heavy atom. The lowest BCUT2D eigenvalue weighted by Crippen LogP contribution is -2.31. The number of sulfone groups is 1. The highest BCUT2D eigenvalue weighted by Crippen LogP contribution is 2.29. The van der Waals surface area contributed by atoms with Crippen molar-refractivity contribution >= 4 is 15.7 Å². The zero-order valence-electron chi connectivity index (χ0n) is 13.6. The van der Waals surface area contributed by atoms with E-state index in [9.17, 15) is 13.2 Å². The summed E-state index contributed by atoms with van der Waals surface area (Å²) in [6.45, 7) is 1.71. The van der Waals surface area contributed by atoms with Crippen LogP contribution in [-0.4, -0.2) is 33.0 Å². The first kappa shape index (κ1) is 17.9. The second kappa shape index (κ2) is 7.92. The highest BCUT2D eigenvalue weighted by Gasteiger charge is 2.29. The van der Waals surface area contributed by atoms with Crippen LogP contribution >= 0.6 is 0 Å². The van der Waals surface area contributed by atoms with Gasteiger partial charge in [0.05, 0.1) is 12.0 Å². The van der Waals surface area contributed by atoms with Crippen LogP contribution in [0.4, 0.5) is 0 Å². The summed E-state index contributed by atoms with van der Waals surface area (Å²) in [6, 6.07) is 9.55. The van der Waals surface area contributed by atoms with Crippen LogP contribution in [0.1, 0.15) is 24.2 Å². The maximum Gasteiger partial charge on any atom is 0.219 e. The molecule has 0 bridgehead atoms. The van der Waals surface area contributed by atoms with Gasteiger partial charge in [0.1, 0.15) is 11.0 Å². The zero-order valence-corrected chi connectivity index (χ0v) is 14.4. The maximum absolute atomic E-state index is 13.0. The van der Waals surface area contributed by atoms with E-state index in [4.69, 9.17) is 4.74 Å². The van der Waals surface area contributed by atoms with Crippen molar-refractivity contribution in [3.05, 3.63) is 54.4 Å². The Morgan fingerprint density at radius 1 is 1.25 bits per heavy atom. The van der Waals surface area contributed by atoms with Gasteiger partial charge in [0.25, 0.3) is 0 Å². The second-order valence-corrected chi connectivity index (χ2v) is 7.28. The van der Waals surface area contributed by atoms with Crippen LogP contribution in [0.25, 0.3) is 0 Å². The van der Waals surface area contributed by atoms with Gasteiger partial charge in [-0.2, -0.15) is 0 Å². The van der Waals surface area contributed by atoms with Crippen molar-refractivity contribution in [2.45, 2.75) is 23.5 Å². The Hall–Kier alpha value is -2.41. The first-order valence-corrected chi connectivity index (χ1v) is 9.08. The number of hydrogen-bond donors (Lipinski definition) is 1. The van der Waals surface area contributed by atoms with E-state index in [2.05, 4.69) is 10.3 Å². The third-order valence-corrected chi connectivity index (χ3v) is 5.74. The number of hydrogen-bond acceptors (Lipinski definition) is 5. The number of carbonyl (C=O) groups excluding carboxylic acids is 1. The van der Waals surface area contributed by atoms with Gasteiger partial charge in [0.15, 0.2) is 9.84 Å². The summed E-state index contributed by atoms with van der Waals surface area (Å²) in [5.41, 5.74) is 0.532. The third-order valence-electron chi connectivity index (χ3n) is 3.62. The fourth-order valence-electron chi connectivity index (χ4n) is 2.23. The summed E-state index contributed by atoms with van der Waals surface area (Å²) >= 11 is 0. The van der Waals surface area contributed by atoms with Crippen LogP contribution < -0.4 is 10.1 Å². The number of pyridine rings is 1. The number of rotatable bonds is 7. The van der Waals surface area contributed by atoms with Crippen molar-refractivity contribution < 1.29 is 17.9 Å². The molecule has 1 heterocycles. The summed E-state index contributed by atoms with van der Waals surface area (Å²) in [4.78, 5) is 15.7. The van der Waals surface area contributed by atoms with E-state index in [1.807, 2.05) is 0 Å². The topological polar surface area (TPSA) is 85.4 Å². The van der Waals surface area contributed by atoms with E-state index in [-0.39, 0.29) is 17.3 Å². The average molecular weight is 348 g/mol. The van der Waals surface area contributed by atoms with Crippen molar-refractivity contribution in [3.63, 3.8) is 0 Å². The molecule has 1 N–H and O–H groups in total. The minimum absolute atomic E-state index is 0.00721. The monoisotopic (exact) mass is 348 g/mol. The molecular weight excluding hydrogens is 328 g/mol. The highest BCUT2D eigenvalue weighted by atomic mass is 32.2. The standard InChI is InChI=1S/C17H20N2O4S/c1-3-17(20)19-12-16(13-5-4-10-18-11-13)24(21,22)15-8-6-14(23-2)7-9-15/h4-11,16H,3,12H2,1-2H3,(H,19,20)/t16-/m0/s1. The maximum atomic E-state index is 13.0. The zero-order chi connectivity index (χ0) is 17.6. The first-order chi connectivity index (χ1) is 11.5. The molecule has 24 heavy (non-hydrogen) atoms. The number of carbonyl (C=O) groups is 1. The number of ether oxygens (including phenoxy) is 1. The molecule has 1 amide bonds. The van der Waals surface area contributed by atoms with Gasteiger partial charge in [-0.25, -0.2) is 8.42 Å². The number of nitrogens with one attached hydrogen (secondary N) is 1. The van der Waals surface area contributed by atoms with Crippen LogP contribution in [0.3, 0.4) is 0 Å². The summed E-state index contributed by atoms with van der Waals surface area (Å²) in [5, 5.41) is 1.75. The molecule has 6 nitrogen and oxygen atoms in total. The lowest BCUT2D eigenvalue weighted by Gasteiger charge is -2.18. The molecule has 1 aromatic heterocycles. The molecule has 0 spiro atoms. The van der Waals surface area contributed by atoms with E-state index in [0.29, 0.717) is 17.7 Å². The van der Waals surface area contributed by atoms with E-state index >= 15 is 0 Å². The predicted molar refractivity (Wildman–Crippen MR) is 90.5 cm³/mol. The van der Waals surface area contributed by atoms with Gasteiger partial charge < -0.3 is 10.1 Å². The number of aromatic nitrogens is 1. The number of benzene rings is 1. The van der Waals surface area contributed by atoms with Gasteiger partial charge >= 0.3 is 0 Å². The number of nitrogens with zero attached hydrogens (tertiary/aromatic N) is 1. The smallest absolute Gasteiger partial charge is 0.219 e. The minimum atomic E-state index is -3.69. The molecule has 7 heteroatoms. The Kier molecular flexibility index (Phi) is 5.92. The lowest BCUT2D eigenvalue weighted by atomic mass is 10.2. The molecule has 0 aliphatic rings. The fraction of sp³-hybridized carbons (Fsp3) is 0.294. The molecule has 2 rings (SSSR count). The van der Waals surface area contributed by atoms with Crippen molar-refractivity contribution in [1.29, 1.82) is 0 Å². The third kappa shape index (κ3) is 4.11. The van der Waals surface area contributed by atoms with Crippen molar-refractivity contribution in [3.8, 4) is 5.75 Å². The molecule has 1 atom stereocenters. The van der Waals surface area contributed by atoms with E-state index in [0.717, 1.165) is 0 Å². The predicted octanol–water partition coefficient (Wildman–Crippen LogP) is 2.13. The molecule has 0 aliphatic heterocycles. The Balaban J connectivity index is 2.38. The largest absolute Gasteiger partial charge is 0.497 e. The molecule has 0 unspecified atom stereocenters. The number of methoxy groups -OCH3 is 1. The summed E-state index contributed by atoms with van der Waals surface area (Å²) in [5.74, 6) is 0.375. The van der Waals surface area contributed by atoms with Gasteiger partial charge in [-0.15, -0.1) is 0 Å². The first-order valence-electron chi connectivity index (χ1n) is 7.53. The van der Waals surface area contributed by atoms with Gasteiger partial charge in [0.2, 0.25) is 5.91 Å². The van der Waals surface area contributed by atoms with Crippen LogP contribution in [0.2, 0.25) is 0 Å². The Bertz CT molecular complexity index is 774. The molecule has 128 valence electrons. The molecule has 0 aliphatic carbocycles. The molecule has 0 radical (unpaired) electrons. The van der Waals surface area contributed by atoms with Gasteiger partial charge in [-0.3, -0.25) is 9.78 Å². The van der Waals surface area contributed by atoms with Crippen molar-refractivity contribution in [2.24, 2.45) is 0 Å². The molecule has 1 aromatic carbocycles. The molecule has 0 saturated heterocycles. The molecule has 0 fully saturated rings. The normalized spacial score (nSPS) is 12.4. The van der Waals surface area contributed by atoms with E-state index in [1.165, 1.54) is 25.4 Å². The second-order valence-electron chi connectivity index (χ2n) is 5.15. The van der Waals surface area contributed by atoms with Crippen LogP contribution in [0, 0.1) is 0 Å². The van der Waals surface area contributed by atoms with Crippen LogP contribution in [0.5, 0.6) is 5.75 Å². The number of amides is 1. The molecular formula is C17H20N2O4S. The average Bonchev–Trinajstić information content (AvgIpc) is 2.62. The summed E-state index contributed by atoms with van der Waals surface area (Å²) in [6.07, 6.45) is 3.37. The molecule has 0 saturated carbocycles. The highest BCUT2D eigenvalue weighted by molar-refractivity contribution is 7.91. The quantitative estimate of drug-likeness (QED) is 0.828. The Labute approximate surface area is 141 Å². The van der Waals surface area contributed by atoms with Crippen LogP contribution in [0.15, 0.2) is 53.7 Å². The van der Waals surface area contributed by atoms with Crippen LogP contribution in [-0.2, 0) is 14.6 Å². The summed E-state index contributed by atoms with van der Waals surface area (Å²) < 4.78 is 31.1. The summed E-state index contributed by atoms with van der Waals surface area (Å²) in [7, 11) is -2.18. The van der Waals surface area contributed by atoms with Crippen molar-refractivity contribution in [2.75, 3.05) is 13.7 Å². The SMILES string of the molecule is CCC(=O)NC[C@@H](c1cccnc1)S(=O)(=O)c1ccc(OC)cc1.